The van der Waals surface area contributed by atoms with Crippen LogP contribution < -0.4 is 0 Å². The Hall–Kier alpha value is -1.49. The van der Waals surface area contributed by atoms with Crippen LogP contribution in [0, 0.1) is 11.3 Å². The van der Waals surface area contributed by atoms with E-state index in [9.17, 15) is 0 Å². The lowest BCUT2D eigenvalue weighted by molar-refractivity contribution is 0.866. The third-order valence-electron chi connectivity index (χ3n) is 3.23. The van der Waals surface area contributed by atoms with E-state index in [0.717, 1.165) is 5.56 Å². The molecule has 0 saturated heterocycles. The summed E-state index contributed by atoms with van der Waals surface area (Å²) in [7, 11) is 0. The number of nitriles is 1. The number of hydrogen-bond acceptors (Lipinski definition) is 1. The van der Waals surface area contributed by atoms with Crippen LogP contribution in [0.1, 0.15) is 56.2 Å². The molecule has 0 aliphatic rings. The van der Waals surface area contributed by atoms with Gasteiger partial charge in [-0.15, -0.1) is 0 Å². The molecule has 0 unspecified atom stereocenters. The Bertz CT molecular complexity index is 634. The molecule has 116 valence electrons. The van der Waals surface area contributed by atoms with Gasteiger partial charge in [0.2, 0.25) is 0 Å². The topological polar surface area (TPSA) is 23.8 Å². The molecule has 0 radical (unpaired) electrons. The van der Waals surface area contributed by atoms with Crippen LogP contribution in [0.2, 0.25) is 10.0 Å². The summed E-state index contributed by atoms with van der Waals surface area (Å²) in [4.78, 5) is 0. The summed E-state index contributed by atoms with van der Waals surface area (Å²) < 4.78 is 0. The van der Waals surface area contributed by atoms with Crippen molar-refractivity contribution in [2.45, 2.75) is 39.5 Å². The molecule has 0 heterocycles. The predicted molar refractivity (Wildman–Crippen MR) is 95.8 cm³/mol. The van der Waals surface area contributed by atoms with E-state index in [0.29, 0.717) is 21.9 Å². The second-order valence-electron chi connectivity index (χ2n) is 5.75. The van der Waals surface area contributed by atoms with Crippen molar-refractivity contribution in [3.63, 3.8) is 0 Å². The van der Waals surface area contributed by atoms with Gasteiger partial charge in [0, 0.05) is 10.0 Å². The minimum absolute atomic E-state index is 0.478. The molecule has 0 fully saturated rings. The second kappa shape index (κ2) is 8.83. The van der Waals surface area contributed by atoms with Gasteiger partial charge in [0.1, 0.15) is 0 Å². The van der Waals surface area contributed by atoms with Crippen LogP contribution in [0.25, 0.3) is 0 Å². The Morgan fingerprint density at radius 3 is 1.82 bits per heavy atom. The highest BCUT2D eigenvalue weighted by atomic mass is 35.5. The number of hydrogen-bond donors (Lipinski definition) is 0. The fourth-order valence-electron chi connectivity index (χ4n) is 1.88. The lowest BCUT2D eigenvalue weighted by Gasteiger charge is -2.05. The highest BCUT2D eigenvalue weighted by Gasteiger charge is 2.01. The molecule has 0 amide bonds. The lowest BCUT2D eigenvalue weighted by atomic mass is 10.0. The van der Waals surface area contributed by atoms with Gasteiger partial charge >= 0.3 is 0 Å². The smallest absolute Gasteiger partial charge is 0.0991 e. The van der Waals surface area contributed by atoms with Crippen molar-refractivity contribution < 1.29 is 0 Å². The van der Waals surface area contributed by atoms with E-state index in [2.05, 4.69) is 33.8 Å². The van der Waals surface area contributed by atoms with E-state index in [1.54, 1.807) is 6.07 Å². The third kappa shape index (κ3) is 6.10. The number of rotatable bonds is 2. The van der Waals surface area contributed by atoms with Crippen molar-refractivity contribution in [2.24, 2.45) is 0 Å². The monoisotopic (exact) mass is 333 g/mol. The Kier molecular flexibility index (Phi) is 7.45. The molecule has 0 bridgehead atoms. The average molecular weight is 334 g/mol. The van der Waals surface area contributed by atoms with Crippen molar-refractivity contribution >= 4 is 23.2 Å². The first-order chi connectivity index (χ1) is 10.3. The molecule has 22 heavy (non-hydrogen) atoms. The van der Waals surface area contributed by atoms with Crippen LogP contribution in [0.15, 0.2) is 42.5 Å². The molecule has 0 N–H and O–H groups in total. The summed E-state index contributed by atoms with van der Waals surface area (Å²) >= 11 is 11.6. The lowest BCUT2D eigenvalue weighted by Crippen LogP contribution is -1.86. The number of benzene rings is 2. The highest BCUT2D eigenvalue weighted by molar-refractivity contribution is 6.34. The van der Waals surface area contributed by atoms with Gasteiger partial charge in [-0.25, -0.2) is 0 Å². The van der Waals surface area contributed by atoms with E-state index in [1.165, 1.54) is 11.1 Å². The van der Waals surface area contributed by atoms with Crippen molar-refractivity contribution in [1.82, 2.24) is 0 Å². The highest BCUT2D eigenvalue weighted by Crippen LogP contribution is 2.23. The minimum atomic E-state index is 0.478. The first-order valence-corrected chi connectivity index (χ1v) is 8.05. The van der Waals surface area contributed by atoms with Crippen LogP contribution >= 0.6 is 23.2 Å². The Balaban J connectivity index is 0.000000220. The van der Waals surface area contributed by atoms with E-state index >= 15 is 0 Å². The molecule has 0 aliphatic carbocycles. The molecule has 0 saturated carbocycles. The van der Waals surface area contributed by atoms with Crippen molar-refractivity contribution in [3.05, 3.63) is 69.2 Å². The van der Waals surface area contributed by atoms with Gasteiger partial charge in [0.05, 0.1) is 11.6 Å². The van der Waals surface area contributed by atoms with Crippen molar-refractivity contribution in [2.75, 3.05) is 0 Å². The molecule has 2 aromatic rings. The maximum atomic E-state index is 8.59. The molecule has 3 heteroatoms. The summed E-state index contributed by atoms with van der Waals surface area (Å²) in [5.74, 6) is 0.981. The van der Waals surface area contributed by atoms with E-state index < -0.39 is 0 Å². The van der Waals surface area contributed by atoms with E-state index in [1.807, 2.05) is 36.4 Å². The standard InChI is InChI=1S/C10H11N.C9H10Cl2/c1-8(2)10-5-3-4-9(6-10)7-11;1-6(2)7-3-8(10)5-9(11)4-7/h3-6,8H,1-2H3;3-6H,1-2H3. The molecule has 0 spiro atoms. The Labute approximate surface area is 143 Å². The van der Waals surface area contributed by atoms with E-state index in [4.69, 9.17) is 28.5 Å². The molecule has 1 nitrogen and oxygen atoms in total. The van der Waals surface area contributed by atoms with Crippen LogP contribution in [-0.4, -0.2) is 0 Å². The third-order valence-corrected chi connectivity index (χ3v) is 3.67. The van der Waals surface area contributed by atoms with Gasteiger partial charge in [-0.05, 0) is 53.3 Å². The second-order valence-corrected chi connectivity index (χ2v) is 6.62. The molecule has 2 aromatic carbocycles. The quantitative estimate of drug-likeness (QED) is 0.592. The van der Waals surface area contributed by atoms with Crippen LogP contribution in [0.4, 0.5) is 0 Å². The maximum Gasteiger partial charge on any atom is 0.0991 e. The SMILES string of the molecule is CC(C)c1cc(Cl)cc(Cl)c1.CC(C)c1cccc(C#N)c1. The normalized spacial score (nSPS) is 10.1. The van der Waals surface area contributed by atoms with Gasteiger partial charge in [-0.3, -0.25) is 0 Å². The fourth-order valence-corrected chi connectivity index (χ4v) is 2.42. The zero-order valence-electron chi connectivity index (χ0n) is 13.4. The molecular formula is C19H21Cl2N. The Morgan fingerprint density at radius 1 is 0.818 bits per heavy atom. The van der Waals surface area contributed by atoms with Crippen molar-refractivity contribution in [1.29, 1.82) is 5.26 Å². The summed E-state index contributed by atoms with van der Waals surface area (Å²) in [5, 5.41) is 10.0. The zero-order valence-corrected chi connectivity index (χ0v) is 14.9. The molecule has 0 atom stereocenters. The van der Waals surface area contributed by atoms with E-state index in [-0.39, 0.29) is 0 Å². The largest absolute Gasteiger partial charge is 0.192 e. The average Bonchev–Trinajstić information content (AvgIpc) is 2.47. The fraction of sp³-hybridized carbons (Fsp3) is 0.316. The molecular weight excluding hydrogens is 313 g/mol. The summed E-state index contributed by atoms with van der Waals surface area (Å²) in [5.41, 5.74) is 3.16. The van der Waals surface area contributed by atoms with Gasteiger partial charge in [0.15, 0.2) is 0 Å². The zero-order chi connectivity index (χ0) is 16.7. The minimum Gasteiger partial charge on any atom is -0.192 e. The first-order valence-electron chi connectivity index (χ1n) is 7.29. The Morgan fingerprint density at radius 2 is 1.36 bits per heavy atom. The first kappa shape index (κ1) is 18.6. The molecule has 0 aromatic heterocycles. The van der Waals surface area contributed by atoms with Gasteiger partial charge in [0.25, 0.3) is 0 Å². The molecule has 0 aliphatic heterocycles. The summed E-state index contributed by atoms with van der Waals surface area (Å²) in [6, 6.07) is 15.5. The maximum absolute atomic E-state index is 8.59. The van der Waals surface area contributed by atoms with Crippen LogP contribution in [0.5, 0.6) is 0 Å². The van der Waals surface area contributed by atoms with Gasteiger partial charge in [-0.1, -0.05) is 63.0 Å². The number of nitrogens with zero attached hydrogens (tertiary/aromatic N) is 1. The van der Waals surface area contributed by atoms with Crippen LogP contribution in [-0.2, 0) is 0 Å². The predicted octanol–water partition coefficient (Wildman–Crippen LogP) is 6.80. The van der Waals surface area contributed by atoms with Gasteiger partial charge in [-0.2, -0.15) is 5.26 Å². The molecule has 2 rings (SSSR count). The van der Waals surface area contributed by atoms with Gasteiger partial charge < -0.3 is 0 Å². The number of halogens is 2. The van der Waals surface area contributed by atoms with Crippen molar-refractivity contribution in [3.8, 4) is 6.07 Å². The summed E-state index contributed by atoms with van der Waals surface area (Å²) in [6.07, 6.45) is 0. The van der Waals surface area contributed by atoms with Crippen LogP contribution in [0.3, 0.4) is 0 Å². The summed E-state index contributed by atoms with van der Waals surface area (Å²) in [6.45, 7) is 8.47.